The minimum absolute atomic E-state index is 0.0205. The lowest BCUT2D eigenvalue weighted by atomic mass is 10.0. The first-order chi connectivity index (χ1) is 35.0. The summed E-state index contributed by atoms with van der Waals surface area (Å²) in [4.78, 5) is 24.4. The summed E-state index contributed by atoms with van der Waals surface area (Å²) < 4.78 is 5.47. The lowest BCUT2D eigenvalue weighted by Crippen LogP contribution is -2.45. The molecule has 0 radical (unpaired) electrons. The molecule has 2 atom stereocenters. The van der Waals surface area contributed by atoms with Crippen LogP contribution in [0.25, 0.3) is 0 Å². The van der Waals surface area contributed by atoms with Gasteiger partial charge in [0, 0.05) is 12.8 Å². The van der Waals surface area contributed by atoms with E-state index in [1.54, 1.807) is 6.08 Å². The first-order valence-corrected chi connectivity index (χ1v) is 32.5. The van der Waals surface area contributed by atoms with Crippen LogP contribution in [0.1, 0.15) is 367 Å². The molecule has 0 saturated carbocycles. The molecule has 0 heterocycles. The molecule has 0 fully saturated rings. The zero-order valence-corrected chi connectivity index (χ0v) is 48.2. The van der Waals surface area contributed by atoms with Gasteiger partial charge in [-0.1, -0.05) is 334 Å². The number of esters is 1. The fraction of sp³-hybridized carbons (Fsp3) is 0.938. The van der Waals surface area contributed by atoms with Gasteiger partial charge in [-0.3, -0.25) is 9.59 Å². The molecule has 0 spiro atoms. The maximum absolute atomic E-state index is 12.4. The highest BCUT2D eigenvalue weighted by Gasteiger charge is 2.18. The summed E-state index contributed by atoms with van der Waals surface area (Å²) in [6.45, 7) is 4.92. The Morgan fingerprint density at radius 2 is 0.648 bits per heavy atom. The number of carbonyl (C=O) groups excluding carboxylic acids is 2. The molecule has 422 valence electrons. The molecule has 0 bridgehead atoms. The van der Waals surface area contributed by atoms with Gasteiger partial charge in [-0.25, -0.2) is 0 Å². The number of aliphatic hydroxyl groups is 2. The molecular weight excluding hydrogens is 875 g/mol. The topological polar surface area (TPSA) is 95.9 Å². The number of amides is 1. The van der Waals surface area contributed by atoms with Gasteiger partial charge < -0.3 is 20.3 Å². The summed E-state index contributed by atoms with van der Waals surface area (Å²) in [7, 11) is 0. The molecule has 2 unspecified atom stereocenters. The predicted octanol–water partition coefficient (Wildman–Crippen LogP) is 20.4. The summed E-state index contributed by atoms with van der Waals surface area (Å²) in [5, 5.41) is 23.1. The Bertz CT molecular complexity index is 1060. The van der Waals surface area contributed by atoms with Crippen LogP contribution in [0.15, 0.2) is 12.2 Å². The smallest absolute Gasteiger partial charge is 0.305 e. The van der Waals surface area contributed by atoms with E-state index in [0.29, 0.717) is 19.4 Å². The summed E-state index contributed by atoms with van der Waals surface area (Å²) in [5.41, 5.74) is 0. The third kappa shape index (κ3) is 57.7. The van der Waals surface area contributed by atoms with Crippen LogP contribution in [0.3, 0.4) is 0 Å². The lowest BCUT2D eigenvalue weighted by molar-refractivity contribution is -0.143. The number of hydrogen-bond acceptors (Lipinski definition) is 5. The third-order valence-electron chi connectivity index (χ3n) is 15.3. The van der Waals surface area contributed by atoms with Gasteiger partial charge in [-0.2, -0.15) is 0 Å². The van der Waals surface area contributed by atoms with Gasteiger partial charge in [0.15, 0.2) is 0 Å². The van der Waals surface area contributed by atoms with Crippen molar-refractivity contribution in [1.29, 1.82) is 0 Å². The van der Waals surface area contributed by atoms with Crippen molar-refractivity contribution in [2.24, 2.45) is 0 Å². The van der Waals surface area contributed by atoms with Crippen molar-refractivity contribution in [3.05, 3.63) is 12.2 Å². The average Bonchev–Trinajstić information content (AvgIpc) is 3.37. The molecule has 0 saturated heterocycles. The van der Waals surface area contributed by atoms with Gasteiger partial charge in [0.1, 0.15) is 0 Å². The first-order valence-electron chi connectivity index (χ1n) is 32.5. The zero-order chi connectivity index (χ0) is 51.4. The number of hydrogen-bond donors (Lipinski definition) is 3. The normalized spacial score (nSPS) is 12.6. The second-order valence-electron chi connectivity index (χ2n) is 22.5. The van der Waals surface area contributed by atoms with Crippen LogP contribution < -0.4 is 5.32 Å². The van der Waals surface area contributed by atoms with Crippen molar-refractivity contribution >= 4 is 11.9 Å². The van der Waals surface area contributed by atoms with Gasteiger partial charge in [-0.05, 0) is 32.1 Å². The molecule has 1 amide bonds. The average molecular weight is 1000 g/mol. The second-order valence-corrected chi connectivity index (χ2v) is 22.5. The van der Waals surface area contributed by atoms with Crippen LogP contribution in [-0.4, -0.2) is 47.4 Å². The standard InChI is InChI=1S/C65H127NO5/c1-3-5-7-9-11-13-15-38-41-45-49-53-57-63(68)62(61-67)66-64(69)58-54-50-46-42-39-35-33-31-29-27-25-23-21-19-17-16-18-20-22-24-26-28-30-32-34-36-40-44-48-52-56-60-71-65(70)59-55-51-47-43-37-14-12-10-8-6-4-2/h53,57,62-63,67-68H,3-52,54-56,58-61H2,1-2H3,(H,66,69)/b57-53+. The number of nitrogens with one attached hydrogen (secondary N) is 1. The molecule has 0 aliphatic carbocycles. The van der Waals surface area contributed by atoms with Crippen LogP contribution >= 0.6 is 0 Å². The fourth-order valence-corrected chi connectivity index (χ4v) is 10.3. The van der Waals surface area contributed by atoms with Gasteiger partial charge in [-0.15, -0.1) is 0 Å². The molecule has 0 aromatic rings. The Hall–Kier alpha value is -1.40. The third-order valence-corrected chi connectivity index (χ3v) is 15.3. The van der Waals surface area contributed by atoms with E-state index in [2.05, 4.69) is 19.2 Å². The van der Waals surface area contributed by atoms with Crippen molar-refractivity contribution in [3.8, 4) is 0 Å². The predicted molar refractivity (Wildman–Crippen MR) is 310 cm³/mol. The summed E-state index contributed by atoms with van der Waals surface area (Å²) in [6, 6.07) is -0.622. The van der Waals surface area contributed by atoms with Crippen LogP contribution in [0.2, 0.25) is 0 Å². The number of ether oxygens (including phenoxy) is 1. The van der Waals surface area contributed by atoms with Gasteiger partial charge >= 0.3 is 5.97 Å². The molecule has 0 rings (SSSR count). The molecule has 0 aliphatic heterocycles. The highest BCUT2D eigenvalue weighted by molar-refractivity contribution is 5.76. The largest absolute Gasteiger partial charge is 0.466 e. The second kappa shape index (κ2) is 61.1. The number of unbranched alkanes of at least 4 members (excludes halogenated alkanes) is 50. The quantitative estimate of drug-likeness (QED) is 0.0320. The Labute approximate surface area is 444 Å². The molecule has 3 N–H and O–H groups in total. The highest BCUT2D eigenvalue weighted by atomic mass is 16.5. The minimum Gasteiger partial charge on any atom is -0.466 e. The number of carbonyl (C=O) groups is 2. The Morgan fingerprint density at radius 3 is 0.958 bits per heavy atom. The lowest BCUT2D eigenvalue weighted by Gasteiger charge is -2.20. The summed E-state index contributed by atoms with van der Waals surface area (Å²) in [6.07, 6.45) is 74.3. The highest BCUT2D eigenvalue weighted by Crippen LogP contribution is 2.18. The summed E-state index contributed by atoms with van der Waals surface area (Å²) >= 11 is 0. The summed E-state index contributed by atoms with van der Waals surface area (Å²) in [5.74, 6) is -0.0421. The SMILES string of the molecule is CCCCCCCCCCCC/C=C/C(O)C(CO)NC(=O)CCCCCCCCCCCCCCCCCCCCCCCCCCCCCCCCCOC(=O)CCCCCCCCCCCCC. The van der Waals surface area contributed by atoms with Gasteiger partial charge in [0.25, 0.3) is 0 Å². The number of rotatable bonds is 61. The van der Waals surface area contributed by atoms with E-state index in [4.69, 9.17) is 4.74 Å². The zero-order valence-electron chi connectivity index (χ0n) is 48.2. The maximum atomic E-state index is 12.4. The van der Waals surface area contributed by atoms with E-state index >= 15 is 0 Å². The monoisotopic (exact) mass is 1000 g/mol. The number of allylic oxidation sites excluding steroid dienone is 1. The molecule has 0 aromatic heterocycles. The van der Waals surface area contributed by atoms with Crippen LogP contribution in [-0.2, 0) is 14.3 Å². The van der Waals surface area contributed by atoms with Crippen molar-refractivity contribution in [1.82, 2.24) is 5.32 Å². The number of aliphatic hydroxyl groups excluding tert-OH is 2. The van der Waals surface area contributed by atoms with Gasteiger partial charge in [0.2, 0.25) is 5.91 Å². The Balaban J connectivity index is 3.32. The molecule has 6 heteroatoms. The fourth-order valence-electron chi connectivity index (χ4n) is 10.3. The van der Waals surface area contributed by atoms with E-state index in [0.717, 1.165) is 38.5 Å². The van der Waals surface area contributed by atoms with Crippen LogP contribution in [0.5, 0.6) is 0 Å². The van der Waals surface area contributed by atoms with E-state index in [1.807, 2.05) is 6.08 Å². The Kier molecular flexibility index (Phi) is 59.9. The van der Waals surface area contributed by atoms with E-state index in [1.165, 1.54) is 302 Å². The van der Waals surface area contributed by atoms with Crippen LogP contribution in [0, 0.1) is 0 Å². The molecule has 0 aromatic carbocycles. The maximum Gasteiger partial charge on any atom is 0.305 e. The van der Waals surface area contributed by atoms with Crippen LogP contribution in [0.4, 0.5) is 0 Å². The van der Waals surface area contributed by atoms with E-state index in [-0.39, 0.29) is 18.5 Å². The van der Waals surface area contributed by atoms with Crippen molar-refractivity contribution in [2.45, 2.75) is 379 Å². The molecular formula is C65H127NO5. The molecule has 6 nitrogen and oxygen atoms in total. The minimum atomic E-state index is -0.839. The Morgan fingerprint density at radius 1 is 0.380 bits per heavy atom. The van der Waals surface area contributed by atoms with Crippen molar-refractivity contribution < 1.29 is 24.5 Å². The first kappa shape index (κ1) is 69.6. The van der Waals surface area contributed by atoms with E-state index < -0.39 is 12.1 Å². The molecule has 71 heavy (non-hydrogen) atoms. The van der Waals surface area contributed by atoms with Crippen molar-refractivity contribution in [2.75, 3.05) is 13.2 Å². The van der Waals surface area contributed by atoms with E-state index in [9.17, 15) is 19.8 Å². The van der Waals surface area contributed by atoms with Gasteiger partial charge in [0.05, 0.1) is 25.4 Å². The molecule has 0 aliphatic rings. The van der Waals surface area contributed by atoms with Crippen molar-refractivity contribution in [3.63, 3.8) is 0 Å².